The first-order chi connectivity index (χ1) is 14.6. The van der Waals surface area contributed by atoms with Crippen LogP contribution in [0.3, 0.4) is 0 Å². The van der Waals surface area contributed by atoms with Gasteiger partial charge in [0.2, 0.25) is 0 Å². The molecule has 0 spiro atoms. The first-order valence-corrected chi connectivity index (χ1v) is 11.0. The molecular weight excluding hydrogens is 396 g/mol. The number of nitrogens with zero attached hydrogens (tertiary/aromatic N) is 2. The fourth-order valence-corrected chi connectivity index (χ4v) is 5.30. The molecule has 1 fully saturated rings. The van der Waals surface area contributed by atoms with Crippen molar-refractivity contribution in [2.75, 3.05) is 25.6 Å². The topological polar surface area (TPSA) is 70.2 Å². The van der Waals surface area contributed by atoms with Gasteiger partial charge in [-0.2, -0.15) is 0 Å². The molecule has 30 heavy (non-hydrogen) atoms. The highest BCUT2D eigenvalue weighted by Crippen LogP contribution is 2.34. The number of carbonyl (C=O) groups is 1. The summed E-state index contributed by atoms with van der Waals surface area (Å²) >= 11 is 1.50. The summed E-state index contributed by atoms with van der Waals surface area (Å²) < 4.78 is 6.30. The van der Waals surface area contributed by atoms with Crippen LogP contribution in [0.5, 0.6) is 0 Å². The fourth-order valence-electron chi connectivity index (χ4n) is 4.26. The van der Waals surface area contributed by atoms with Gasteiger partial charge in [0, 0.05) is 42.1 Å². The van der Waals surface area contributed by atoms with Crippen molar-refractivity contribution in [3.8, 4) is 0 Å². The van der Waals surface area contributed by atoms with Gasteiger partial charge in [0.05, 0.1) is 33.4 Å². The van der Waals surface area contributed by atoms with Crippen LogP contribution in [0, 0.1) is 6.92 Å². The number of aromatic amines is 1. The molecule has 7 heteroatoms. The summed E-state index contributed by atoms with van der Waals surface area (Å²) in [5.41, 5.74) is 5.08. The van der Waals surface area contributed by atoms with Crippen molar-refractivity contribution in [2.24, 2.45) is 0 Å². The normalized spacial score (nSPS) is 16.6. The van der Waals surface area contributed by atoms with Crippen molar-refractivity contribution in [3.63, 3.8) is 0 Å². The van der Waals surface area contributed by atoms with Gasteiger partial charge in [-0.3, -0.25) is 9.78 Å². The van der Waals surface area contributed by atoms with E-state index in [2.05, 4.69) is 46.5 Å². The lowest BCUT2D eigenvalue weighted by Crippen LogP contribution is -2.37. The third-order valence-electron chi connectivity index (χ3n) is 5.65. The quantitative estimate of drug-likeness (QED) is 0.472. The molecule has 0 radical (unpaired) electrons. The average Bonchev–Trinajstić information content (AvgIpc) is 3.45. The lowest BCUT2D eigenvalue weighted by atomic mass is 10.2. The minimum atomic E-state index is 0.0766. The van der Waals surface area contributed by atoms with Crippen LogP contribution in [0.25, 0.3) is 21.1 Å². The van der Waals surface area contributed by atoms with Crippen molar-refractivity contribution in [1.29, 1.82) is 0 Å². The number of aromatic nitrogens is 2. The summed E-state index contributed by atoms with van der Waals surface area (Å²) in [6.45, 7) is 3.43. The number of hydrogen-bond acceptors (Lipinski definition) is 5. The lowest BCUT2D eigenvalue weighted by molar-refractivity contribution is 0.0635. The molecule has 6 nitrogen and oxygen atoms in total. The summed E-state index contributed by atoms with van der Waals surface area (Å²) in [6.07, 6.45) is 3.81. The number of H-pyrrole nitrogens is 1. The Morgan fingerprint density at radius 1 is 1.33 bits per heavy atom. The molecule has 1 atom stereocenters. The highest BCUT2D eigenvalue weighted by Gasteiger charge is 2.30. The largest absolute Gasteiger partial charge is 0.383 e. The van der Waals surface area contributed by atoms with Crippen molar-refractivity contribution < 1.29 is 9.53 Å². The molecule has 5 rings (SSSR count). The number of pyridine rings is 1. The molecule has 0 unspecified atom stereocenters. The maximum atomic E-state index is 13.1. The van der Waals surface area contributed by atoms with Gasteiger partial charge >= 0.3 is 0 Å². The van der Waals surface area contributed by atoms with Gasteiger partial charge in [-0.1, -0.05) is 0 Å². The molecule has 1 saturated heterocycles. The first-order valence-electron chi connectivity index (χ1n) is 10.2. The minimum Gasteiger partial charge on any atom is -0.383 e. The fraction of sp³-hybridized carbons (Fsp3) is 0.304. The molecule has 0 aliphatic carbocycles. The average molecular weight is 421 g/mol. The van der Waals surface area contributed by atoms with Crippen LogP contribution in [-0.4, -0.2) is 47.1 Å². The number of likely N-dealkylation sites (tertiary alicyclic amines) is 1. The van der Waals surface area contributed by atoms with Crippen molar-refractivity contribution in [2.45, 2.75) is 25.8 Å². The van der Waals surface area contributed by atoms with Gasteiger partial charge in [-0.25, -0.2) is 0 Å². The molecule has 4 heterocycles. The van der Waals surface area contributed by atoms with E-state index < -0.39 is 0 Å². The zero-order chi connectivity index (χ0) is 20.7. The van der Waals surface area contributed by atoms with Crippen LogP contribution in [-0.2, 0) is 4.74 Å². The van der Waals surface area contributed by atoms with Gasteiger partial charge in [0.1, 0.15) is 0 Å². The predicted molar refractivity (Wildman–Crippen MR) is 122 cm³/mol. The predicted octanol–water partition coefficient (Wildman–Crippen LogP) is 5.08. The van der Waals surface area contributed by atoms with E-state index in [1.807, 2.05) is 17.0 Å². The van der Waals surface area contributed by atoms with Crippen LogP contribution in [0.4, 0.5) is 11.4 Å². The van der Waals surface area contributed by atoms with E-state index in [9.17, 15) is 4.79 Å². The van der Waals surface area contributed by atoms with Crippen LogP contribution in [0.15, 0.2) is 42.6 Å². The Morgan fingerprint density at radius 2 is 2.23 bits per heavy atom. The van der Waals surface area contributed by atoms with Crippen LogP contribution >= 0.6 is 11.3 Å². The van der Waals surface area contributed by atoms with Crippen LogP contribution < -0.4 is 5.32 Å². The number of hydrogen-bond donors (Lipinski definition) is 2. The van der Waals surface area contributed by atoms with Crippen molar-refractivity contribution in [1.82, 2.24) is 14.9 Å². The highest BCUT2D eigenvalue weighted by molar-refractivity contribution is 7.21. The molecule has 1 aliphatic heterocycles. The third-order valence-corrected chi connectivity index (χ3v) is 6.80. The summed E-state index contributed by atoms with van der Waals surface area (Å²) in [4.78, 5) is 23.7. The van der Waals surface area contributed by atoms with Crippen LogP contribution in [0.1, 0.15) is 28.2 Å². The molecule has 1 aromatic carbocycles. The summed E-state index contributed by atoms with van der Waals surface area (Å²) in [7, 11) is 1.69. The monoisotopic (exact) mass is 420 g/mol. The SMILES string of the molecule is COC[C@H]1CCCN1C(=O)c1cc2nccc(Nc3ccc4[nH]c(C)cc4c3)c2s1. The Hall–Kier alpha value is -2.90. The van der Waals surface area contributed by atoms with Gasteiger partial charge in [0.15, 0.2) is 0 Å². The minimum absolute atomic E-state index is 0.0766. The van der Waals surface area contributed by atoms with E-state index in [4.69, 9.17) is 4.74 Å². The zero-order valence-corrected chi connectivity index (χ0v) is 17.9. The standard InChI is InChI=1S/C23H24N4O2S/c1-14-10-15-11-16(5-6-18(15)25-14)26-19-7-8-24-20-12-21(30-22(19)20)23(28)27-9-3-4-17(27)13-29-2/h5-8,10-12,17,25H,3-4,9,13H2,1-2H3,(H,24,26)/t17-/m1/s1. The van der Waals surface area contributed by atoms with Gasteiger partial charge in [-0.05, 0) is 56.2 Å². The number of nitrogens with one attached hydrogen (secondary N) is 2. The number of amides is 1. The van der Waals surface area contributed by atoms with Gasteiger partial charge < -0.3 is 19.9 Å². The van der Waals surface area contributed by atoms with E-state index in [0.29, 0.717) is 6.61 Å². The molecule has 0 saturated carbocycles. The first kappa shape index (κ1) is 19.1. The van der Waals surface area contributed by atoms with E-state index >= 15 is 0 Å². The van der Waals surface area contributed by atoms with Gasteiger partial charge in [0.25, 0.3) is 5.91 Å². The lowest BCUT2D eigenvalue weighted by Gasteiger charge is -2.23. The summed E-state index contributed by atoms with van der Waals surface area (Å²) in [6, 6.07) is 12.4. The van der Waals surface area contributed by atoms with Crippen molar-refractivity contribution >= 4 is 49.7 Å². The second kappa shape index (κ2) is 7.74. The summed E-state index contributed by atoms with van der Waals surface area (Å²) in [5.74, 6) is 0.0766. The summed E-state index contributed by atoms with van der Waals surface area (Å²) in [5, 5.41) is 4.68. The molecule has 154 valence electrons. The number of rotatable bonds is 5. The number of aryl methyl sites for hydroxylation is 1. The van der Waals surface area contributed by atoms with Gasteiger partial charge in [-0.15, -0.1) is 11.3 Å². The van der Waals surface area contributed by atoms with E-state index in [-0.39, 0.29) is 11.9 Å². The molecule has 1 amide bonds. The number of carbonyl (C=O) groups excluding carboxylic acids is 1. The second-order valence-electron chi connectivity index (χ2n) is 7.81. The number of fused-ring (bicyclic) bond motifs is 2. The number of benzene rings is 1. The van der Waals surface area contributed by atoms with Crippen LogP contribution in [0.2, 0.25) is 0 Å². The van der Waals surface area contributed by atoms with E-state index in [1.165, 1.54) is 16.7 Å². The molecule has 1 aliphatic rings. The second-order valence-corrected chi connectivity index (χ2v) is 8.87. The molecule has 0 bridgehead atoms. The smallest absolute Gasteiger partial charge is 0.264 e. The Kier molecular flexibility index (Phi) is 4.92. The Labute approximate surface area is 178 Å². The Bertz CT molecular complexity index is 1230. The Morgan fingerprint density at radius 3 is 3.10 bits per heavy atom. The zero-order valence-electron chi connectivity index (χ0n) is 17.1. The third kappa shape index (κ3) is 3.44. The molecular formula is C23H24N4O2S. The number of anilines is 2. The molecule has 4 aromatic rings. The molecule has 2 N–H and O–H groups in total. The maximum Gasteiger partial charge on any atom is 0.264 e. The van der Waals surface area contributed by atoms with E-state index in [1.54, 1.807) is 13.3 Å². The number of ether oxygens (including phenoxy) is 1. The Balaban J connectivity index is 1.45. The number of methoxy groups -OCH3 is 1. The maximum absolute atomic E-state index is 13.1. The highest BCUT2D eigenvalue weighted by atomic mass is 32.1. The molecule has 3 aromatic heterocycles. The number of thiophene rings is 1. The van der Waals surface area contributed by atoms with Crippen molar-refractivity contribution in [3.05, 3.63) is 53.2 Å². The van der Waals surface area contributed by atoms with E-state index in [0.717, 1.165) is 57.1 Å².